The molecule has 9 nitrogen and oxygen atoms in total. The van der Waals surface area contributed by atoms with Crippen molar-refractivity contribution in [1.29, 1.82) is 0 Å². The molecule has 2 aliphatic heterocycles. The molecule has 10 heteroatoms. The molecule has 0 atom stereocenters. The summed E-state index contributed by atoms with van der Waals surface area (Å²) in [6, 6.07) is 3.37. The van der Waals surface area contributed by atoms with Gasteiger partial charge in [0.15, 0.2) is 0 Å². The molecule has 3 amide bonds. The number of rotatable bonds is 6. The van der Waals surface area contributed by atoms with Crippen LogP contribution in [0.15, 0.2) is 22.5 Å². The van der Waals surface area contributed by atoms with Crippen molar-refractivity contribution >= 4 is 33.9 Å². The van der Waals surface area contributed by atoms with Crippen LogP contribution in [0.5, 0.6) is 0 Å². The topological polar surface area (TPSA) is 125 Å². The fourth-order valence-electron chi connectivity index (χ4n) is 5.73. The van der Waals surface area contributed by atoms with Crippen molar-refractivity contribution in [2.45, 2.75) is 71.4 Å². The number of aryl methyl sites for hydroxylation is 2. The smallest absolute Gasteiger partial charge is 0.314 e. The minimum Gasteiger partial charge on any atom is -0.351 e. The molecule has 1 saturated carbocycles. The Balaban J connectivity index is 1.42. The average molecular weight is 530 g/mol. The van der Waals surface area contributed by atoms with Crippen LogP contribution in [0.2, 0.25) is 0 Å². The standard InChI is InChI=1S/C27H39N5O4S/c1-18-5-7-22(8-6-18)24-29-25(33)27(30-24)10-12-32(13-11-27)37(35,36)14-9-23-19(2)15-21(16-20(23)3)17-31(4)26(28)34/h9,14-16,18,22H,5-8,10-13,17H2,1-4H3,(H2,28,34)(H,29,30,33). The van der Waals surface area contributed by atoms with Gasteiger partial charge in [0.05, 0.1) is 0 Å². The number of sulfonamides is 1. The summed E-state index contributed by atoms with van der Waals surface area (Å²) in [6.45, 7) is 6.99. The number of carbonyl (C=O) groups is 2. The highest BCUT2D eigenvalue weighted by molar-refractivity contribution is 7.92. The summed E-state index contributed by atoms with van der Waals surface area (Å²) in [6.07, 6.45) is 6.80. The van der Waals surface area contributed by atoms with E-state index < -0.39 is 21.6 Å². The summed E-state index contributed by atoms with van der Waals surface area (Å²) in [4.78, 5) is 30.5. The number of amidine groups is 1. The number of urea groups is 1. The first-order valence-corrected chi connectivity index (χ1v) is 14.6. The number of carbonyl (C=O) groups excluding carboxylic acids is 2. The number of hydrogen-bond donors (Lipinski definition) is 2. The third kappa shape index (κ3) is 5.90. The van der Waals surface area contributed by atoms with Gasteiger partial charge in [-0.15, -0.1) is 0 Å². The minimum absolute atomic E-state index is 0.0815. The van der Waals surface area contributed by atoms with Gasteiger partial charge in [0.2, 0.25) is 10.0 Å². The molecule has 0 bridgehead atoms. The van der Waals surface area contributed by atoms with Gasteiger partial charge in [0, 0.05) is 38.0 Å². The van der Waals surface area contributed by atoms with Crippen molar-refractivity contribution in [3.05, 3.63) is 39.8 Å². The van der Waals surface area contributed by atoms with Gasteiger partial charge >= 0.3 is 6.03 Å². The molecule has 2 heterocycles. The summed E-state index contributed by atoms with van der Waals surface area (Å²) in [5.41, 5.74) is 8.07. The number of nitrogens with one attached hydrogen (secondary N) is 1. The second-order valence-corrected chi connectivity index (χ2v) is 12.8. The van der Waals surface area contributed by atoms with E-state index in [1.165, 1.54) is 14.6 Å². The summed E-state index contributed by atoms with van der Waals surface area (Å²) in [5, 5.41) is 4.29. The highest BCUT2D eigenvalue weighted by atomic mass is 32.2. The van der Waals surface area contributed by atoms with E-state index in [9.17, 15) is 18.0 Å². The Kier molecular flexibility index (Phi) is 7.80. The molecule has 0 unspecified atom stereocenters. The number of nitrogens with zero attached hydrogens (tertiary/aromatic N) is 3. The van der Waals surface area contributed by atoms with Crippen LogP contribution in [-0.2, 0) is 21.4 Å². The molecule has 37 heavy (non-hydrogen) atoms. The molecule has 1 aliphatic carbocycles. The fraction of sp³-hybridized carbons (Fsp3) is 0.593. The predicted molar refractivity (Wildman–Crippen MR) is 145 cm³/mol. The van der Waals surface area contributed by atoms with Crippen LogP contribution in [0.3, 0.4) is 0 Å². The maximum atomic E-state index is 13.1. The Morgan fingerprint density at radius 1 is 1.19 bits per heavy atom. The van der Waals surface area contributed by atoms with E-state index in [2.05, 4.69) is 12.2 Å². The van der Waals surface area contributed by atoms with Gasteiger partial charge in [-0.2, -0.15) is 4.31 Å². The Labute approximate surface area is 220 Å². The maximum Gasteiger partial charge on any atom is 0.314 e. The molecule has 1 saturated heterocycles. The van der Waals surface area contributed by atoms with Crippen molar-refractivity contribution in [2.24, 2.45) is 22.6 Å². The fourth-order valence-corrected chi connectivity index (χ4v) is 6.90. The van der Waals surface area contributed by atoms with Crippen LogP contribution in [0, 0.1) is 25.7 Å². The van der Waals surface area contributed by atoms with Gasteiger partial charge in [0.25, 0.3) is 5.91 Å². The zero-order valence-electron chi connectivity index (χ0n) is 22.3. The lowest BCUT2D eigenvalue weighted by molar-refractivity contribution is -0.125. The average Bonchev–Trinajstić information content (AvgIpc) is 3.14. The van der Waals surface area contributed by atoms with Crippen molar-refractivity contribution in [2.75, 3.05) is 20.1 Å². The molecule has 4 rings (SSSR count). The van der Waals surface area contributed by atoms with E-state index in [0.29, 0.717) is 25.3 Å². The summed E-state index contributed by atoms with van der Waals surface area (Å²) in [5.74, 6) is 1.75. The molecule has 1 spiro atoms. The van der Waals surface area contributed by atoms with Gasteiger partial charge in [-0.05, 0) is 73.8 Å². The Hall–Kier alpha value is -2.72. The Morgan fingerprint density at radius 2 is 1.78 bits per heavy atom. The van der Waals surface area contributed by atoms with E-state index in [0.717, 1.165) is 59.7 Å². The van der Waals surface area contributed by atoms with E-state index in [1.807, 2.05) is 26.0 Å². The summed E-state index contributed by atoms with van der Waals surface area (Å²) >= 11 is 0. The highest BCUT2D eigenvalue weighted by Gasteiger charge is 2.48. The first-order valence-electron chi connectivity index (χ1n) is 13.1. The van der Waals surface area contributed by atoms with Crippen LogP contribution in [-0.4, -0.2) is 61.1 Å². The molecule has 202 valence electrons. The number of primary amides is 1. The maximum absolute atomic E-state index is 13.1. The number of nitrogens with two attached hydrogens (primary N) is 1. The van der Waals surface area contributed by atoms with Crippen LogP contribution < -0.4 is 11.1 Å². The molecule has 0 radical (unpaired) electrons. The number of amides is 3. The van der Waals surface area contributed by atoms with Gasteiger partial charge < -0.3 is 16.0 Å². The SMILES string of the molecule is Cc1cc(CN(C)C(N)=O)cc(C)c1C=CS(=O)(=O)N1CCC2(CC1)N=C(C1CCC(C)CC1)NC2=O. The molecule has 1 aromatic carbocycles. The van der Waals surface area contributed by atoms with Crippen LogP contribution in [0.4, 0.5) is 4.79 Å². The van der Waals surface area contributed by atoms with Gasteiger partial charge in [-0.25, -0.2) is 13.2 Å². The zero-order valence-corrected chi connectivity index (χ0v) is 23.1. The van der Waals surface area contributed by atoms with Crippen LogP contribution >= 0.6 is 0 Å². The van der Waals surface area contributed by atoms with E-state index in [-0.39, 0.29) is 19.0 Å². The molecule has 2 fully saturated rings. The molecule has 1 aromatic rings. The third-order valence-corrected chi connectivity index (χ3v) is 9.73. The monoisotopic (exact) mass is 529 g/mol. The highest BCUT2D eigenvalue weighted by Crippen LogP contribution is 2.36. The molecular weight excluding hydrogens is 490 g/mol. The number of aliphatic imine (C=N–C) groups is 1. The lowest BCUT2D eigenvalue weighted by Gasteiger charge is -2.34. The van der Waals surface area contributed by atoms with Gasteiger partial charge in [-0.1, -0.05) is 31.9 Å². The Morgan fingerprint density at radius 3 is 2.35 bits per heavy atom. The predicted octanol–water partition coefficient (Wildman–Crippen LogP) is 3.30. The minimum atomic E-state index is -3.66. The number of piperidine rings is 1. The van der Waals surface area contributed by atoms with E-state index >= 15 is 0 Å². The molecule has 3 aliphatic rings. The lowest BCUT2D eigenvalue weighted by Crippen LogP contribution is -2.50. The van der Waals surface area contributed by atoms with Crippen molar-refractivity contribution in [3.8, 4) is 0 Å². The van der Waals surface area contributed by atoms with Crippen LogP contribution in [0.25, 0.3) is 6.08 Å². The Bertz CT molecular complexity index is 1200. The summed E-state index contributed by atoms with van der Waals surface area (Å²) < 4.78 is 27.7. The normalized spacial score (nSPS) is 24.3. The van der Waals surface area contributed by atoms with Crippen LogP contribution in [0.1, 0.15) is 67.7 Å². The molecule has 0 aromatic heterocycles. The third-order valence-electron chi connectivity index (χ3n) is 8.17. The number of benzene rings is 1. The quantitative estimate of drug-likeness (QED) is 0.586. The largest absolute Gasteiger partial charge is 0.351 e. The first-order chi connectivity index (χ1) is 17.4. The van der Waals surface area contributed by atoms with Gasteiger partial charge in [-0.3, -0.25) is 9.79 Å². The second kappa shape index (κ2) is 10.6. The molecular formula is C27H39N5O4S. The lowest BCUT2D eigenvalue weighted by atomic mass is 9.82. The van der Waals surface area contributed by atoms with Crippen molar-refractivity contribution in [1.82, 2.24) is 14.5 Å². The van der Waals surface area contributed by atoms with Gasteiger partial charge in [0.1, 0.15) is 11.4 Å². The molecule has 3 N–H and O–H groups in total. The van der Waals surface area contributed by atoms with E-state index in [1.54, 1.807) is 13.1 Å². The summed E-state index contributed by atoms with van der Waals surface area (Å²) in [7, 11) is -2.02. The first kappa shape index (κ1) is 27.3. The van der Waals surface area contributed by atoms with E-state index in [4.69, 9.17) is 10.7 Å². The number of hydrogen-bond acceptors (Lipinski definition) is 5. The van der Waals surface area contributed by atoms with Crippen molar-refractivity contribution < 1.29 is 18.0 Å². The second-order valence-electron chi connectivity index (χ2n) is 11.0. The zero-order chi connectivity index (χ0) is 27.0. The van der Waals surface area contributed by atoms with Crippen molar-refractivity contribution in [3.63, 3.8) is 0 Å².